The summed E-state index contributed by atoms with van der Waals surface area (Å²) in [5.41, 5.74) is 4.09. The average molecular weight is 509 g/mol. The summed E-state index contributed by atoms with van der Waals surface area (Å²) in [4.78, 5) is 33.0. The molecule has 1 aromatic carbocycles. The first kappa shape index (κ1) is 25.2. The number of ether oxygens (including phenoxy) is 2. The first-order chi connectivity index (χ1) is 17.9. The first-order valence-electron chi connectivity index (χ1n) is 12.9. The minimum atomic E-state index is -0.351. The van der Waals surface area contributed by atoms with Crippen molar-refractivity contribution in [2.45, 2.75) is 57.5 Å². The van der Waals surface area contributed by atoms with Crippen molar-refractivity contribution < 1.29 is 23.5 Å². The molecule has 2 aromatic heterocycles. The van der Waals surface area contributed by atoms with Crippen LogP contribution in [0.2, 0.25) is 0 Å². The number of H-pyrrole nitrogens is 1. The normalized spacial score (nSPS) is 19.5. The zero-order valence-electron chi connectivity index (χ0n) is 21.2. The highest BCUT2D eigenvalue weighted by Crippen LogP contribution is 2.38. The number of fused-ring (bicyclic) bond motifs is 1. The number of aromatic amines is 1. The maximum absolute atomic E-state index is 14.1. The van der Waals surface area contributed by atoms with Crippen molar-refractivity contribution in [3.8, 4) is 16.9 Å². The minimum Gasteiger partial charge on any atom is -0.493 e. The van der Waals surface area contributed by atoms with E-state index < -0.39 is 0 Å². The molecule has 0 unspecified atom stereocenters. The zero-order chi connectivity index (χ0) is 25.9. The van der Waals surface area contributed by atoms with Crippen LogP contribution in [0.4, 0.5) is 4.39 Å². The van der Waals surface area contributed by atoms with E-state index in [1.165, 1.54) is 19.2 Å². The lowest BCUT2D eigenvalue weighted by Crippen LogP contribution is -2.44. The fraction of sp³-hybridized carbons (Fsp3) is 0.464. The van der Waals surface area contributed by atoms with Crippen LogP contribution < -0.4 is 15.4 Å². The van der Waals surface area contributed by atoms with Crippen LogP contribution in [0.15, 0.2) is 30.5 Å². The third-order valence-electron chi connectivity index (χ3n) is 7.21. The zero-order valence-corrected chi connectivity index (χ0v) is 21.2. The van der Waals surface area contributed by atoms with Gasteiger partial charge in [0.25, 0.3) is 5.91 Å². The Bertz CT molecular complexity index is 1290. The Hall–Kier alpha value is -3.46. The number of nitrogens with one attached hydrogen (secondary N) is 3. The van der Waals surface area contributed by atoms with Crippen molar-refractivity contribution in [1.82, 2.24) is 20.6 Å². The van der Waals surface area contributed by atoms with Crippen LogP contribution in [0.5, 0.6) is 5.75 Å². The molecule has 2 amide bonds. The van der Waals surface area contributed by atoms with E-state index in [9.17, 15) is 14.0 Å². The van der Waals surface area contributed by atoms with Crippen LogP contribution >= 0.6 is 0 Å². The SMILES string of the molecule is COCC(=O)NC1CCC(NC(=O)c2c(C)[nH]c3c(-c4ccc(F)cc4OCC4CC4)ccnc23)CC1. The Labute approximate surface area is 215 Å². The fourth-order valence-corrected chi connectivity index (χ4v) is 5.08. The van der Waals surface area contributed by atoms with E-state index in [2.05, 4.69) is 20.6 Å². The summed E-state index contributed by atoms with van der Waals surface area (Å²) in [6, 6.07) is 6.53. The molecule has 5 rings (SSSR count). The van der Waals surface area contributed by atoms with E-state index >= 15 is 0 Å². The number of hydrogen-bond donors (Lipinski definition) is 3. The van der Waals surface area contributed by atoms with Gasteiger partial charge in [0.15, 0.2) is 0 Å². The number of amides is 2. The van der Waals surface area contributed by atoms with E-state index in [-0.39, 0.29) is 36.3 Å². The van der Waals surface area contributed by atoms with Gasteiger partial charge in [0.05, 0.1) is 17.7 Å². The van der Waals surface area contributed by atoms with Gasteiger partial charge in [0.2, 0.25) is 5.91 Å². The van der Waals surface area contributed by atoms with E-state index in [1.807, 2.05) is 13.0 Å². The number of hydrogen-bond acceptors (Lipinski definition) is 5. The van der Waals surface area contributed by atoms with Gasteiger partial charge in [-0.2, -0.15) is 0 Å². The summed E-state index contributed by atoms with van der Waals surface area (Å²) in [7, 11) is 1.50. The van der Waals surface area contributed by atoms with Gasteiger partial charge in [0, 0.05) is 48.3 Å². The topological polar surface area (TPSA) is 105 Å². The lowest BCUT2D eigenvalue weighted by molar-refractivity contribution is -0.125. The Morgan fingerprint density at radius 2 is 1.78 bits per heavy atom. The van der Waals surface area contributed by atoms with Crippen LogP contribution in [0.3, 0.4) is 0 Å². The number of nitrogens with zero attached hydrogens (tertiary/aromatic N) is 1. The number of aryl methyl sites for hydroxylation is 1. The van der Waals surface area contributed by atoms with Gasteiger partial charge in [-0.15, -0.1) is 0 Å². The third kappa shape index (κ3) is 5.77. The van der Waals surface area contributed by atoms with Crippen LogP contribution in [0.25, 0.3) is 22.2 Å². The molecule has 0 atom stereocenters. The monoisotopic (exact) mass is 508 g/mol. The molecule has 8 nitrogen and oxygen atoms in total. The van der Waals surface area contributed by atoms with Crippen LogP contribution in [-0.2, 0) is 9.53 Å². The number of carbonyl (C=O) groups is 2. The molecule has 0 bridgehead atoms. The second-order valence-corrected chi connectivity index (χ2v) is 10.1. The molecule has 0 aliphatic heterocycles. The standard InChI is InChI=1S/C28H33FN4O4/c1-16-25(28(35)33-20-8-6-19(7-9-20)32-24(34)15-36-2)27-26(31-16)22(11-12-30-27)21-10-5-18(29)13-23(21)37-14-17-3-4-17/h5,10-13,17,19-20,31H,3-4,6-9,14-15H2,1-2H3,(H,32,34)(H,33,35). The number of halogens is 1. The van der Waals surface area contributed by atoms with E-state index in [0.717, 1.165) is 60.9 Å². The van der Waals surface area contributed by atoms with E-state index in [0.29, 0.717) is 29.4 Å². The second kappa shape index (κ2) is 10.9. The average Bonchev–Trinajstić information content (AvgIpc) is 3.64. The van der Waals surface area contributed by atoms with Gasteiger partial charge in [-0.25, -0.2) is 4.39 Å². The third-order valence-corrected chi connectivity index (χ3v) is 7.21. The highest BCUT2D eigenvalue weighted by atomic mass is 19.1. The smallest absolute Gasteiger partial charge is 0.255 e. The lowest BCUT2D eigenvalue weighted by Gasteiger charge is -2.29. The molecular formula is C28H33FN4O4. The van der Waals surface area contributed by atoms with Gasteiger partial charge in [-0.05, 0) is 69.6 Å². The highest BCUT2D eigenvalue weighted by molar-refractivity contribution is 6.09. The van der Waals surface area contributed by atoms with E-state index in [1.54, 1.807) is 12.3 Å². The molecule has 2 saturated carbocycles. The Morgan fingerprint density at radius 1 is 1.05 bits per heavy atom. The minimum absolute atomic E-state index is 0.0233. The summed E-state index contributed by atoms with van der Waals surface area (Å²) in [6.45, 7) is 2.48. The Kier molecular flexibility index (Phi) is 7.41. The number of aromatic nitrogens is 2. The quantitative estimate of drug-likeness (QED) is 0.400. The number of methoxy groups -OCH3 is 1. The van der Waals surface area contributed by atoms with Gasteiger partial charge in [0.1, 0.15) is 23.7 Å². The maximum atomic E-state index is 14.1. The second-order valence-electron chi connectivity index (χ2n) is 10.1. The Morgan fingerprint density at radius 3 is 2.49 bits per heavy atom. The molecule has 196 valence electrons. The first-order valence-corrected chi connectivity index (χ1v) is 12.9. The molecule has 2 fully saturated rings. The maximum Gasteiger partial charge on any atom is 0.255 e. The molecule has 0 radical (unpaired) electrons. The van der Waals surface area contributed by atoms with Crippen molar-refractivity contribution in [2.24, 2.45) is 5.92 Å². The summed E-state index contributed by atoms with van der Waals surface area (Å²) in [6.07, 6.45) is 7.10. The molecule has 0 saturated heterocycles. The van der Waals surface area contributed by atoms with Gasteiger partial charge in [-0.3, -0.25) is 14.6 Å². The molecular weight excluding hydrogens is 475 g/mol. The highest BCUT2D eigenvalue weighted by Gasteiger charge is 2.27. The summed E-state index contributed by atoms with van der Waals surface area (Å²) in [5.74, 6) is 0.383. The van der Waals surface area contributed by atoms with Crippen LogP contribution in [-0.4, -0.2) is 54.2 Å². The fourth-order valence-electron chi connectivity index (χ4n) is 5.08. The number of pyridine rings is 1. The van der Waals surface area contributed by atoms with Crippen molar-refractivity contribution in [3.05, 3.63) is 47.5 Å². The molecule has 9 heteroatoms. The van der Waals surface area contributed by atoms with E-state index in [4.69, 9.17) is 9.47 Å². The van der Waals surface area contributed by atoms with Gasteiger partial charge >= 0.3 is 0 Å². The summed E-state index contributed by atoms with van der Waals surface area (Å²) >= 11 is 0. The molecule has 3 N–H and O–H groups in total. The molecule has 0 spiro atoms. The predicted molar refractivity (Wildman–Crippen MR) is 138 cm³/mol. The van der Waals surface area contributed by atoms with Crippen molar-refractivity contribution in [3.63, 3.8) is 0 Å². The van der Waals surface area contributed by atoms with Crippen molar-refractivity contribution >= 4 is 22.8 Å². The number of benzene rings is 1. The number of rotatable bonds is 9. The van der Waals surface area contributed by atoms with Gasteiger partial charge < -0.3 is 25.1 Å². The lowest BCUT2D eigenvalue weighted by atomic mass is 9.91. The number of carbonyl (C=O) groups excluding carboxylic acids is 2. The van der Waals surface area contributed by atoms with Crippen LogP contribution in [0.1, 0.15) is 54.6 Å². The molecule has 2 aliphatic rings. The molecule has 2 heterocycles. The molecule has 37 heavy (non-hydrogen) atoms. The largest absolute Gasteiger partial charge is 0.493 e. The summed E-state index contributed by atoms with van der Waals surface area (Å²) < 4.78 is 24.9. The molecule has 3 aromatic rings. The Balaban J connectivity index is 1.33. The van der Waals surface area contributed by atoms with Crippen molar-refractivity contribution in [2.75, 3.05) is 20.3 Å². The predicted octanol–water partition coefficient (Wildman–Crippen LogP) is 4.27. The van der Waals surface area contributed by atoms with Gasteiger partial charge in [-0.1, -0.05) is 0 Å². The van der Waals surface area contributed by atoms with Crippen molar-refractivity contribution in [1.29, 1.82) is 0 Å². The van der Waals surface area contributed by atoms with Crippen LogP contribution in [0, 0.1) is 18.7 Å². The molecule has 2 aliphatic carbocycles. The summed E-state index contributed by atoms with van der Waals surface area (Å²) in [5, 5.41) is 6.14.